The molecule has 8 heteroatoms. The zero-order chi connectivity index (χ0) is 13.0. The van der Waals surface area contributed by atoms with Crippen molar-refractivity contribution >= 4 is 28.5 Å². The van der Waals surface area contributed by atoms with Crippen molar-refractivity contribution in [2.75, 3.05) is 11.9 Å². The summed E-state index contributed by atoms with van der Waals surface area (Å²) in [6.07, 6.45) is 3.01. The fraction of sp³-hybridized carbons (Fsp3) is 0.600. The Kier molecular flexibility index (Phi) is 3.75. The highest BCUT2D eigenvalue weighted by molar-refractivity contribution is 7.13. The lowest BCUT2D eigenvalue weighted by atomic mass is 9.86. The Labute approximate surface area is 108 Å². The largest absolute Gasteiger partial charge is 0.481 e. The van der Waals surface area contributed by atoms with Crippen LogP contribution in [0.1, 0.15) is 25.7 Å². The number of hydrogen-bond acceptors (Lipinski definition) is 5. The number of amides is 2. The molecule has 1 saturated carbocycles. The van der Waals surface area contributed by atoms with E-state index in [9.17, 15) is 14.7 Å². The molecule has 1 aliphatic carbocycles. The normalized spacial score (nSPS) is 17.3. The predicted octanol–water partition coefficient (Wildman–Crippen LogP) is 1.30. The summed E-state index contributed by atoms with van der Waals surface area (Å²) in [6.45, 7) is 0.146. The topological polar surface area (TPSA) is 104 Å². The highest BCUT2D eigenvalue weighted by Gasteiger charge is 2.41. The van der Waals surface area contributed by atoms with Crippen LogP contribution in [0.25, 0.3) is 0 Å². The van der Waals surface area contributed by atoms with Crippen molar-refractivity contribution in [2.24, 2.45) is 5.41 Å². The second-order valence-electron chi connectivity index (χ2n) is 4.34. The van der Waals surface area contributed by atoms with E-state index in [0.29, 0.717) is 18.0 Å². The van der Waals surface area contributed by atoms with E-state index in [1.165, 1.54) is 16.8 Å². The van der Waals surface area contributed by atoms with Crippen LogP contribution in [0.3, 0.4) is 0 Å². The molecule has 7 nitrogen and oxygen atoms in total. The molecule has 1 fully saturated rings. The van der Waals surface area contributed by atoms with Crippen LogP contribution in [0.4, 0.5) is 9.93 Å². The molecule has 0 atom stereocenters. The van der Waals surface area contributed by atoms with Crippen molar-refractivity contribution < 1.29 is 14.7 Å². The summed E-state index contributed by atoms with van der Waals surface area (Å²) in [5.41, 5.74) is 0.698. The number of aromatic nitrogens is 2. The number of carboxylic acid groups (broad SMARTS) is 1. The number of nitrogens with one attached hydrogen (secondary N) is 2. The standard InChI is InChI=1S/C10H14N4O3S/c15-7(16)10(3-1-2-4-10)5-11-8(17)13-9-14-12-6-18-9/h6H,1-5H2,(H,15,16)(H2,11,13,14,17). The Balaban J connectivity index is 1.86. The summed E-state index contributed by atoms with van der Waals surface area (Å²) in [6, 6.07) is -0.445. The molecule has 0 radical (unpaired) electrons. The maximum Gasteiger partial charge on any atom is 0.321 e. The fourth-order valence-electron chi connectivity index (χ4n) is 2.14. The number of carbonyl (C=O) groups is 2. The maximum absolute atomic E-state index is 11.6. The van der Waals surface area contributed by atoms with Crippen LogP contribution in [0, 0.1) is 5.41 Å². The van der Waals surface area contributed by atoms with E-state index in [-0.39, 0.29) is 6.54 Å². The van der Waals surface area contributed by atoms with E-state index in [4.69, 9.17) is 0 Å². The second-order valence-corrected chi connectivity index (χ2v) is 5.18. The van der Waals surface area contributed by atoms with Crippen LogP contribution in [-0.4, -0.2) is 33.8 Å². The third-order valence-electron chi connectivity index (χ3n) is 3.18. The minimum absolute atomic E-state index is 0.146. The minimum Gasteiger partial charge on any atom is -0.481 e. The van der Waals surface area contributed by atoms with Gasteiger partial charge in [0.05, 0.1) is 5.41 Å². The van der Waals surface area contributed by atoms with Crippen LogP contribution in [0.15, 0.2) is 5.51 Å². The summed E-state index contributed by atoms with van der Waals surface area (Å²) in [5, 5.41) is 22.0. The molecule has 0 spiro atoms. The number of aliphatic carboxylic acids is 1. The molecule has 0 aromatic carbocycles. The lowest BCUT2D eigenvalue weighted by Gasteiger charge is -2.23. The average molecular weight is 270 g/mol. The summed E-state index contributed by atoms with van der Waals surface area (Å²) in [7, 11) is 0. The zero-order valence-electron chi connectivity index (χ0n) is 9.68. The van der Waals surface area contributed by atoms with Crippen LogP contribution in [0.5, 0.6) is 0 Å². The van der Waals surface area contributed by atoms with Crippen LogP contribution < -0.4 is 10.6 Å². The van der Waals surface area contributed by atoms with Gasteiger partial charge in [0, 0.05) is 6.54 Å². The van der Waals surface area contributed by atoms with Gasteiger partial charge in [0.25, 0.3) is 0 Å². The van der Waals surface area contributed by atoms with Gasteiger partial charge in [-0.25, -0.2) is 4.79 Å². The third kappa shape index (κ3) is 2.76. The molecule has 1 aliphatic rings. The summed E-state index contributed by atoms with van der Waals surface area (Å²) in [4.78, 5) is 22.8. The van der Waals surface area contributed by atoms with Gasteiger partial charge >= 0.3 is 12.0 Å². The maximum atomic E-state index is 11.6. The molecule has 1 aromatic heterocycles. The monoisotopic (exact) mass is 270 g/mol. The van der Waals surface area contributed by atoms with Gasteiger partial charge in [-0.1, -0.05) is 24.2 Å². The minimum atomic E-state index is -0.837. The van der Waals surface area contributed by atoms with E-state index >= 15 is 0 Å². The van der Waals surface area contributed by atoms with E-state index in [1.807, 2.05) is 0 Å². The Morgan fingerprint density at radius 1 is 1.44 bits per heavy atom. The molecule has 0 aliphatic heterocycles. The molecule has 2 rings (SSSR count). The molecule has 0 bridgehead atoms. The van der Waals surface area contributed by atoms with Crippen molar-refractivity contribution in [1.82, 2.24) is 15.5 Å². The Bertz CT molecular complexity index is 428. The Hall–Kier alpha value is -1.70. The Morgan fingerprint density at radius 2 is 2.17 bits per heavy atom. The second kappa shape index (κ2) is 5.30. The van der Waals surface area contributed by atoms with E-state index in [2.05, 4.69) is 20.8 Å². The van der Waals surface area contributed by atoms with Crippen molar-refractivity contribution in [3.63, 3.8) is 0 Å². The van der Waals surface area contributed by atoms with Crippen molar-refractivity contribution in [3.05, 3.63) is 5.51 Å². The number of carboxylic acids is 1. The molecule has 98 valence electrons. The fourth-order valence-corrected chi connectivity index (χ4v) is 2.58. The van der Waals surface area contributed by atoms with Gasteiger partial charge in [-0.3, -0.25) is 10.1 Å². The van der Waals surface area contributed by atoms with Gasteiger partial charge in [-0.15, -0.1) is 10.2 Å². The Morgan fingerprint density at radius 3 is 2.72 bits per heavy atom. The lowest BCUT2D eigenvalue weighted by Crippen LogP contribution is -2.42. The molecule has 0 saturated heterocycles. The lowest BCUT2D eigenvalue weighted by molar-refractivity contribution is -0.148. The highest BCUT2D eigenvalue weighted by atomic mass is 32.1. The SMILES string of the molecule is O=C(NCC1(C(=O)O)CCCC1)Nc1nncs1. The quantitative estimate of drug-likeness (QED) is 0.765. The van der Waals surface area contributed by atoms with Gasteiger partial charge in [0.15, 0.2) is 0 Å². The first kappa shape index (κ1) is 12.7. The first-order chi connectivity index (χ1) is 8.62. The van der Waals surface area contributed by atoms with E-state index < -0.39 is 17.4 Å². The van der Waals surface area contributed by atoms with Crippen molar-refractivity contribution in [2.45, 2.75) is 25.7 Å². The van der Waals surface area contributed by atoms with Gasteiger partial charge in [0.2, 0.25) is 5.13 Å². The van der Waals surface area contributed by atoms with Crippen LogP contribution in [0.2, 0.25) is 0 Å². The summed E-state index contributed by atoms with van der Waals surface area (Å²) in [5.74, 6) is -0.837. The molecule has 1 aromatic rings. The molecule has 3 N–H and O–H groups in total. The number of urea groups is 1. The number of carbonyl (C=O) groups excluding carboxylic acids is 1. The first-order valence-corrected chi connectivity index (χ1v) is 6.55. The molecule has 2 amide bonds. The average Bonchev–Trinajstić information content (AvgIpc) is 2.97. The molecule has 0 unspecified atom stereocenters. The molecule has 1 heterocycles. The predicted molar refractivity (Wildman–Crippen MR) is 65.5 cm³/mol. The van der Waals surface area contributed by atoms with E-state index in [1.54, 1.807) is 0 Å². The molecular weight excluding hydrogens is 256 g/mol. The molecule has 18 heavy (non-hydrogen) atoms. The van der Waals surface area contributed by atoms with Gasteiger partial charge in [0.1, 0.15) is 5.51 Å². The van der Waals surface area contributed by atoms with E-state index in [0.717, 1.165) is 12.8 Å². The third-order valence-corrected chi connectivity index (χ3v) is 3.79. The number of nitrogens with zero attached hydrogens (tertiary/aromatic N) is 2. The molecular formula is C10H14N4O3S. The summed E-state index contributed by atoms with van der Waals surface area (Å²) >= 11 is 1.20. The highest BCUT2D eigenvalue weighted by Crippen LogP contribution is 2.37. The first-order valence-electron chi connectivity index (χ1n) is 5.67. The summed E-state index contributed by atoms with van der Waals surface area (Å²) < 4.78 is 0. The smallest absolute Gasteiger partial charge is 0.321 e. The number of anilines is 1. The van der Waals surface area contributed by atoms with Gasteiger partial charge < -0.3 is 10.4 Å². The number of rotatable bonds is 4. The van der Waals surface area contributed by atoms with Crippen LogP contribution >= 0.6 is 11.3 Å². The van der Waals surface area contributed by atoms with Crippen molar-refractivity contribution in [3.8, 4) is 0 Å². The zero-order valence-corrected chi connectivity index (χ0v) is 10.5. The number of hydrogen-bond donors (Lipinski definition) is 3. The van der Waals surface area contributed by atoms with Gasteiger partial charge in [-0.05, 0) is 12.8 Å². The van der Waals surface area contributed by atoms with Gasteiger partial charge in [-0.2, -0.15) is 0 Å². The van der Waals surface area contributed by atoms with Crippen molar-refractivity contribution in [1.29, 1.82) is 0 Å². The van der Waals surface area contributed by atoms with Crippen LogP contribution in [-0.2, 0) is 4.79 Å².